The Morgan fingerprint density at radius 1 is 1.04 bits per heavy atom. The van der Waals surface area contributed by atoms with E-state index in [0.717, 1.165) is 28.6 Å². The second-order valence-electron chi connectivity index (χ2n) is 5.21. The third-order valence-electron chi connectivity index (χ3n) is 3.88. The molecule has 0 aliphatic carbocycles. The quantitative estimate of drug-likeness (QED) is 0.569. The maximum atomic E-state index is 11.7. The van der Waals surface area contributed by atoms with Crippen LogP contribution in [0.5, 0.6) is 5.75 Å². The monoisotopic (exact) mass is 303 g/mol. The average molecular weight is 303 g/mol. The number of carbonyl (C=O) groups is 1. The van der Waals surface area contributed by atoms with E-state index in [9.17, 15) is 9.90 Å². The third kappa shape index (κ3) is 2.02. The van der Waals surface area contributed by atoms with Crippen molar-refractivity contribution in [2.75, 3.05) is 0 Å². The van der Waals surface area contributed by atoms with Crippen LogP contribution in [-0.2, 0) is 0 Å². The van der Waals surface area contributed by atoms with Gasteiger partial charge in [-0.2, -0.15) is 5.10 Å². The lowest BCUT2D eigenvalue weighted by molar-refractivity contribution is 0.112. The molecule has 0 amide bonds. The number of aldehydes is 1. The van der Waals surface area contributed by atoms with Crippen molar-refractivity contribution >= 4 is 17.2 Å². The SMILES string of the molecule is O=Cc1c(-c2cc[nH]n2)n(-c2ccc(O)cc2)c2ccccc12. The number of nitrogens with one attached hydrogen (secondary N) is 1. The van der Waals surface area contributed by atoms with Gasteiger partial charge in [0.25, 0.3) is 0 Å². The van der Waals surface area contributed by atoms with Crippen LogP contribution in [0.2, 0.25) is 0 Å². The number of phenolic OH excluding ortho intramolecular Hbond substituents is 1. The Morgan fingerprint density at radius 3 is 2.52 bits per heavy atom. The number of rotatable bonds is 3. The van der Waals surface area contributed by atoms with Crippen molar-refractivity contribution in [2.45, 2.75) is 0 Å². The van der Waals surface area contributed by atoms with E-state index in [1.165, 1.54) is 0 Å². The molecule has 0 radical (unpaired) electrons. The first-order chi connectivity index (χ1) is 11.3. The Hall–Kier alpha value is -3.34. The number of aromatic hydroxyl groups is 1. The molecular weight excluding hydrogens is 290 g/mol. The van der Waals surface area contributed by atoms with Gasteiger partial charge in [-0.15, -0.1) is 0 Å². The summed E-state index contributed by atoms with van der Waals surface area (Å²) in [6.07, 6.45) is 2.59. The van der Waals surface area contributed by atoms with Gasteiger partial charge in [0.05, 0.1) is 11.2 Å². The highest BCUT2D eigenvalue weighted by Gasteiger charge is 2.20. The lowest BCUT2D eigenvalue weighted by Gasteiger charge is -2.10. The molecule has 0 spiro atoms. The molecule has 4 rings (SSSR count). The number of aromatic amines is 1. The fourth-order valence-electron chi connectivity index (χ4n) is 2.90. The van der Waals surface area contributed by atoms with Gasteiger partial charge in [0.15, 0.2) is 6.29 Å². The van der Waals surface area contributed by atoms with Crippen LogP contribution in [0.1, 0.15) is 10.4 Å². The van der Waals surface area contributed by atoms with Gasteiger partial charge in [0, 0.05) is 22.8 Å². The van der Waals surface area contributed by atoms with Gasteiger partial charge in [-0.05, 0) is 36.4 Å². The Bertz CT molecular complexity index is 983. The lowest BCUT2D eigenvalue weighted by atomic mass is 10.1. The summed E-state index contributed by atoms with van der Waals surface area (Å²) in [6.45, 7) is 0. The summed E-state index contributed by atoms with van der Waals surface area (Å²) in [5.41, 5.74) is 3.79. The van der Waals surface area contributed by atoms with E-state index < -0.39 is 0 Å². The van der Waals surface area contributed by atoms with E-state index in [0.29, 0.717) is 11.3 Å². The molecule has 0 aliphatic heterocycles. The van der Waals surface area contributed by atoms with Crippen LogP contribution in [0.3, 0.4) is 0 Å². The van der Waals surface area contributed by atoms with Crippen molar-refractivity contribution in [1.29, 1.82) is 0 Å². The average Bonchev–Trinajstić information content (AvgIpc) is 3.21. The molecule has 0 saturated carbocycles. The molecule has 2 heterocycles. The predicted molar refractivity (Wildman–Crippen MR) is 87.9 cm³/mol. The first-order valence-electron chi connectivity index (χ1n) is 7.18. The summed E-state index contributed by atoms with van der Waals surface area (Å²) in [6, 6.07) is 16.4. The van der Waals surface area contributed by atoms with Crippen LogP contribution >= 0.6 is 0 Å². The predicted octanol–water partition coefficient (Wildman–Crippen LogP) is 3.54. The van der Waals surface area contributed by atoms with E-state index >= 15 is 0 Å². The van der Waals surface area contributed by atoms with Crippen molar-refractivity contribution < 1.29 is 9.90 Å². The number of H-pyrrole nitrogens is 1. The molecule has 5 nitrogen and oxygen atoms in total. The number of carbonyl (C=O) groups excluding carboxylic acids is 1. The van der Waals surface area contributed by atoms with Gasteiger partial charge in [-0.25, -0.2) is 0 Å². The summed E-state index contributed by atoms with van der Waals surface area (Å²) < 4.78 is 1.98. The number of para-hydroxylation sites is 1. The minimum absolute atomic E-state index is 0.196. The highest BCUT2D eigenvalue weighted by molar-refractivity contribution is 6.05. The van der Waals surface area contributed by atoms with Crippen LogP contribution in [0, 0.1) is 0 Å². The zero-order valence-corrected chi connectivity index (χ0v) is 12.1. The number of nitrogens with zero attached hydrogens (tertiary/aromatic N) is 2. The molecular formula is C18H13N3O2. The maximum absolute atomic E-state index is 11.7. The molecule has 2 aromatic carbocycles. The smallest absolute Gasteiger partial charge is 0.152 e. The van der Waals surface area contributed by atoms with Gasteiger partial charge in [-0.1, -0.05) is 18.2 Å². The maximum Gasteiger partial charge on any atom is 0.152 e. The molecule has 0 unspecified atom stereocenters. The van der Waals surface area contributed by atoms with Crippen LogP contribution in [0.15, 0.2) is 60.8 Å². The largest absolute Gasteiger partial charge is 0.508 e. The van der Waals surface area contributed by atoms with Crippen LogP contribution in [0.4, 0.5) is 0 Å². The van der Waals surface area contributed by atoms with E-state index in [4.69, 9.17) is 0 Å². The van der Waals surface area contributed by atoms with Gasteiger partial charge >= 0.3 is 0 Å². The van der Waals surface area contributed by atoms with Crippen molar-refractivity contribution in [3.8, 4) is 22.8 Å². The molecule has 0 atom stereocenters. The Kier molecular flexibility index (Phi) is 2.98. The molecule has 112 valence electrons. The lowest BCUT2D eigenvalue weighted by Crippen LogP contribution is -1.98. The van der Waals surface area contributed by atoms with Crippen LogP contribution < -0.4 is 0 Å². The third-order valence-corrected chi connectivity index (χ3v) is 3.88. The number of hydrogen-bond acceptors (Lipinski definition) is 3. The Balaban J connectivity index is 2.14. The van der Waals surface area contributed by atoms with E-state index in [2.05, 4.69) is 10.2 Å². The van der Waals surface area contributed by atoms with Crippen molar-refractivity contribution in [3.05, 3.63) is 66.4 Å². The fraction of sp³-hybridized carbons (Fsp3) is 0. The molecule has 0 aliphatic rings. The van der Waals surface area contributed by atoms with Gasteiger partial charge < -0.3 is 9.67 Å². The van der Waals surface area contributed by atoms with Gasteiger partial charge in [0.2, 0.25) is 0 Å². The van der Waals surface area contributed by atoms with Gasteiger partial charge in [-0.3, -0.25) is 9.89 Å². The summed E-state index contributed by atoms with van der Waals surface area (Å²) in [4.78, 5) is 11.7. The van der Waals surface area contributed by atoms with Crippen molar-refractivity contribution in [2.24, 2.45) is 0 Å². The first-order valence-corrected chi connectivity index (χ1v) is 7.18. The summed E-state index contributed by atoms with van der Waals surface area (Å²) in [5.74, 6) is 0.196. The highest BCUT2D eigenvalue weighted by atomic mass is 16.3. The first kappa shape index (κ1) is 13.3. The molecule has 2 N–H and O–H groups in total. The summed E-state index contributed by atoms with van der Waals surface area (Å²) in [7, 11) is 0. The Morgan fingerprint density at radius 2 is 1.83 bits per heavy atom. The highest BCUT2D eigenvalue weighted by Crippen LogP contribution is 2.34. The normalized spacial score (nSPS) is 11.0. The summed E-state index contributed by atoms with van der Waals surface area (Å²) >= 11 is 0. The van der Waals surface area contributed by atoms with E-state index in [1.807, 2.05) is 47.0 Å². The summed E-state index contributed by atoms with van der Waals surface area (Å²) in [5, 5.41) is 17.4. The zero-order valence-electron chi connectivity index (χ0n) is 12.1. The molecule has 4 aromatic rings. The molecule has 0 bridgehead atoms. The molecule has 2 aromatic heterocycles. The van der Waals surface area contributed by atoms with Crippen LogP contribution in [0.25, 0.3) is 28.0 Å². The number of fused-ring (bicyclic) bond motifs is 1. The number of aromatic nitrogens is 3. The molecule has 0 saturated heterocycles. The molecule has 5 heteroatoms. The minimum atomic E-state index is 0.196. The van der Waals surface area contributed by atoms with Crippen molar-refractivity contribution in [1.82, 2.24) is 14.8 Å². The minimum Gasteiger partial charge on any atom is -0.508 e. The van der Waals surface area contributed by atoms with E-state index in [-0.39, 0.29) is 5.75 Å². The molecule has 23 heavy (non-hydrogen) atoms. The second kappa shape index (κ2) is 5.14. The number of phenols is 1. The second-order valence-corrected chi connectivity index (χ2v) is 5.21. The Labute approximate surface area is 131 Å². The van der Waals surface area contributed by atoms with E-state index in [1.54, 1.807) is 18.3 Å². The topological polar surface area (TPSA) is 70.9 Å². The fourth-order valence-corrected chi connectivity index (χ4v) is 2.90. The number of hydrogen-bond donors (Lipinski definition) is 2. The van der Waals surface area contributed by atoms with Crippen LogP contribution in [-0.4, -0.2) is 26.2 Å². The zero-order chi connectivity index (χ0) is 15.8. The van der Waals surface area contributed by atoms with Gasteiger partial charge in [0.1, 0.15) is 11.4 Å². The molecule has 0 fully saturated rings. The van der Waals surface area contributed by atoms with Crippen molar-refractivity contribution in [3.63, 3.8) is 0 Å². The number of benzene rings is 2. The standard InChI is InChI=1S/C18H13N3O2/c22-11-15-14-3-1-2-4-17(14)21(12-5-7-13(23)8-6-12)18(15)16-9-10-19-20-16/h1-11,23H,(H,19,20).